The van der Waals surface area contributed by atoms with E-state index in [1.54, 1.807) is 26.3 Å². The average Bonchev–Trinajstić information content (AvgIpc) is 2.35. The number of rotatable bonds is 5. The largest absolute Gasteiger partial charge is 0.380 e. The molecule has 0 bridgehead atoms. The second-order valence-corrected chi connectivity index (χ2v) is 3.31. The Morgan fingerprint density at radius 2 is 2.25 bits per heavy atom. The van der Waals surface area contributed by atoms with Crippen LogP contribution in [0.4, 0.5) is 5.82 Å². The molecule has 6 heteroatoms. The number of anilines is 1. The molecule has 1 aromatic rings. The van der Waals surface area contributed by atoms with Crippen molar-refractivity contribution in [3.05, 3.63) is 17.8 Å². The molecule has 1 atom stereocenters. The number of hydrogen-bond donors (Lipinski definition) is 2. The maximum Gasteiger partial charge on any atom is 0.271 e. The molecule has 0 aliphatic rings. The molecular weight excluding hydrogens is 208 g/mol. The fourth-order valence-electron chi connectivity index (χ4n) is 1.01. The van der Waals surface area contributed by atoms with Gasteiger partial charge in [-0.25, -0.2) is 0 Å². The van der Waals surface area contributed by atoms with Gasteiger partial charge in [0.25, 0.3) is 5.91 Å². The predicted octanol–water partition coefficient (Wildman–Crippen LogP) is 0.283. The first kappa shape index (κ1) is 12.4. The van der Waals surface area contributed by atoms with Gasteiger partial charge in [0, 0.05) is 20.7 Å². The Morgan fingerprint density at radius 3 is 2.75 bits per heavy atom. The van der Waals surface area contributed by atoms with Crippen LogP contribution in [-0.4, -0.2) is 42.9 Å². The van der Waals surface area contributed by atoms with E-state index in [1.165, 1.54) is 0 Å². The van der Waals surface area contributed by atoms with Crippen molar-refractivity contribution in [1.82, 2.24) is 15.5 Å². The first-order chi connectivity index (χ1) is 7.67. The zero-order chi connectivity index (χ0) is 12.0. The van der Waals surface area contributed by atoms with Gasteiger partial charge in [0.15, 0.2) is 5.69 Å². The molecule has 0 spiro atoms. The summed E-state index contributed by atoms with van der Waals surface area (Å²) in [5.74, 6) is 0.376. The number of amides is 1. The lowest BCUT2D eigenvalue weighted by Gasteiger charge is -2.10. The third-order valence-corrected chi connectivity index (χ3v) is 2.10. The molecule has 0 saturated heterocycles. The predicted molar refractivity (Wildman–Crippen MR) is 60.4 cm³/mol. The minimum Gasteiger partial charge on any atom is -0.380 e. The Bertz CT molecular complexity index is 339. The number of carbonyl (C=O) groups excluding carboxylic acids is 1. The van der Waals surface area contributed by atoms with Crippen molar-refractivity contribution in [3.8, 4) is 0 Å². The van der Waals surface area contributed by atoms with Crippen molar-refractivity contribution in [2.24, 2.45) is 0 Å². The normalized spacial score (nSPS) is 11.9. The molecule has 1 amide bonds. The van der Waals surface area contributed by atoms with E-state index >= 15 is 0 Å². The van der Waals surface area contributed by atoms with Gasteiger partial charge in [-0.2, -0.15) is 0 Å². The fourth-order valence-corrected chi connectivity index (χ4v) is 1.01. The van der Waals surface area contributed by atoms with E-state index in [9.17, 15) is 4.79 Å². The van der Waals surface area contributed by atoms with Crippen LogP contribution in [0.1, 0.15) is 17.4 Å². The molecule has 0 fully saturated rings. The fraction of sp³-hybridized carbons (Fsp3) is 0.500. The average molecular weight is 224 g/mol. The highest BCUT2D eigenvalue weighted by Crippen LogP contribution is 2.02. The van der Waals surface area contributed by atoms with Gasteiger partial charge in [0.2, 0.25) is 0 Å². The first-order valence-corrected chi connectivity index (χ1v) is 5.00. The summed E-state index contributed by atoms with van der Waals surface area (Å²) in [5.41, 5.74) is 0.299. The van der Waals surface area contributed by atoms with Gasteiger partial charge in [-0.3, -0.25) is 4.79 Å². The maximum absolute atomic E-state index is 11.2. The third-order valence-electron chi connectivity index (χ3n) is 2.10. The van der Waals surface area contributed by atoms with Crippen LogP contribution in [0.25, 0.3) is 0 Å². The zero-order valence-corrected chi connectivity index (χ0v) is 9.65. The van der Waals surface area contributed by atoms with Crippen LogP contribution in [-0.2, 0) is 4.74 Å². The topological polar surface area (TPSA) is 76.1 Å². The minimum absolute atomic E-state index is 0.0976. The molecule has 16 heavy (non-hydrogen) atoms. The molecule has 88 valence electrons. The summed E-state index contributed by atoms with van der Waals surface area (Å²) in [6.07, 6.45) is 0.0976. The van der Waals surface area contributed by atoms with Crippen molar-refractivity contribution in [2.45, 2.75) is 13.0 Å². The lowest BCUT2D eigenvalue weighted by Crippen LogP contribution is -2.21. The Morgan fingerprint density at radius 1 is 1.50 bits per heavy atom. The molecule has 1 aromatic heterocycles. The summed E-state index contributed by atoms with van der Waals surface area (Å²) in [5, 5.41) is 13.2. The van der Waals surface area contributed by atoms with Crippen molar-refractivity contribution >= 4 is 11.7 Å². The number of ether oxygens (including phenoxy) is 1. The third kappa shape index (κ3) is 3.47. The summed E-state index contributed by atoms with van der Waals surface area (Å²) in [4.78, 5) is 11.2. The highest BCUT2D eigenvalue weighted by atomic mass is 16.5. The van der Waals surface area contributed by atoms with E-state index in [1.807, 2.05) is 6.92 Å². The Hall–Kier alpha value is -1.69. The van der Waals surface area contributed by atoms with E-state index in [-0.39, 0.29) is 12.0 Å². The van der Waals surface area contributed by atoms with Crippen molar-refractivity contribution in [3.63, 3.8) is 0 Å². The van der Waals surface area contributed by atoms with Gasteiger partial charge in [-0.1, -0.05) is 0 Å². The lowest BCUT2D eigenvalue weighted by atomic mass is 10.3. The Labute approximate surface area is 94.4 Å². The quantitative estimate of drug-likeness (QED) is 0.751. The monoisotopic (exact) mass is 224 g/mol. The number of methoxy groups -OCH3 is 1. The molecule has 0 saturated carbocycles. The molecule has 2 N–H and O–H groups in total. The highest BCUT2D eigenvalue weighted by Gasteiger charge is 2.05. The van der Waals surface area contributed by atoms with E-state index in [4.69, 9.17) is 4.74 Å². The van der Waals surface area contributed by atoms with Gasteiger partial charge in [-0.15, -0.1) is 10.2 Å². The van der Waals surface area contributed by atoms with Gasteiger partial charge in [0.05, 0.1) is 6.10 Å². The van der Waals surface area contributed by atoms with E-state index in [0.29, 0.717) is 18.1 Å². The van der Waals surface area contributed by atoms with Crippen LogP contribution >= 0.6 is 0 Å². The standard InChI is InChI=1S/C10H16N4O2/c1-7(16-3)6-12-9-5-4-8(13-14-9)10(15)11-2/h4-5,7H,6H2,1-3H3,(H,11,15)(H,12,14). The second kappa shape index (κ2) is 6.02. The van der Waals surface area contributed by atoms with Gasteiger partial charge < -0.3 is 15.4 Å². The SMILES string of the molecule is CNC(=O)c1ccc(NCC(C)OC)nn1. The summed E-state index contributed by atoms with van der Waals surface area (Å²) >= 11 is 0. The Kier molecular flexibility index (Phi) is 4.65. The summed E-state index contributed by atoms with van der Waals surface area (Å²) in [6, 6.07) is 3.32. The van der Waals surface area contributed by atoms with Crippen LogP contribution in [0, 0.1) is 0 Å². The molecule has 6 nitrogen and oxygen atoms in total. The van der Waals surface area contributed by atoms with Crippen LogP contribution in [0.5, 0.6) is 0 Å². The number of nitrogens with zero attached hydrogens (tertiary/aromatic N) is 2. The van der Waals surface area contributed by atoms with E-state index < -0.39 is 0 Å². The summed E-state index contributed by atoms with van der Waals surface area (Å²) in [6.45, 7) is 2.59. The smallest absolute Gasteiger partial charge is 0.271 e. The summed E-state index contributed by atoms with van der Waals surface area (Å²) < 4.78 is 5.08. The molecule has 1 heterocycles. The Balaban J connectivity index is 2.54. The van der Waals surface area contributed by atoms with E-state index in [0.717, 1.165) is 0 Å². The van der Waals surface area contributed by atoms with Gasteiger partial charge in [0.1, 0.15) is 5.82 Å². The second-order valence-electron chi connectivity index (χ2n) is 3.31. The van der Waals surface area contributed by atoms with Crippen LogP contribution in [0.3, 0.4) is 0 Å². The van der Waals surface area contributed by atoms with Gasteiger partial charge >= 0.3 is 0 Å². The summed E-state index contributed by atoms with van der Waals surface area (Å²) in [7, 11) is 3.20. The molecule has 0 aromatic carbocycles. The highest BCUT2D eigenvalue weighted by molar-refractivity contribution is 5.91. The van der Waals surface area contributed by atoms with Gasteiger partial charge in [-0.05, 0) is 19.1 Å². The molecular formula is C10H16N4O2. The number of nitrogens with one attached hydrogen (secondary N) is 2. The zero-order valence-electron chi connectivity index (χ0n) is 9.65. The van der Waals surface area contributed by atoms with Crippen LogP contribution in [0.15, 0.2) is 12.1 Å². The minimum atomic E-state index is -0.246. The van der Waals surface area contributed by atoms with Crippen molar-refractivity contribution < 1.29 is 9.53 Å². The van der Waals surface area contributed by atoms with Crippen molar-refractivity contribution in [2.75, 3.05) is 26.0 Å². The van der Waals surface area contributed by atoms with Crippen LogP contribution < -0.4 is 10.6 Å². The molecule has 0 aliphatic heterocycles. The molecule has 1 rings (SSSR count). The van der Waals surface area contributed by atoms with Crippen LogP contribution in [0.2, 0.25) is 0 Å². The van der Waals surface area contributed by atoms with Crippen molar-refractivity contribution in [1.29, 1.82) is 0 Å². The number of carbonyl (C=O) groups is 1. The molecule has 1 unspecified atom stereocenters. The number of aromatic nitrogens is 2. The molecule has 0 aliphatic carbocycles. The molecule has 0 radical (unpaired) electrons. The van der Waals surface area contributed by atoms with E-state index in [2.05, 4.69) is 20.8 Å². The first-order valence-electron chi connectivity index (χ1n) is 5.00. The maximum atomic E-state index is 11.2. The lowest BCUT2D eigenvalue weighted by molar-refractivity contribution is 0.0957. The number of hydrogen-bond acceptors (Lipinski definition) is 5.